The molecular formula is C23H17F3N8O2. The summed E-state index contributed by atoms with van der Waals surface area (Å²) in [5.41, 5.74) is 1.06. The summed E-state index contributed by atoms with van der Waals surface area (Å²) >= 11 is 0. The zero-order chi connectivity index (χ0) is 25.9. The van der Waals surface area contributed by atoms with Gasteiger partial charge in [0, 0.05) is 5.56 Å². The number of alkyl halides is 3. The number of carboxylic acid groups (broad SMARTS) is 1. The average Bonchev–Trinajstić information content (AvgIpc) is 3.32. The maximum absolute atomic E-state index is 13.0. The number of carboxylic acids is 1. The van der Waals surface area contributed by atoms with E-state index in [4.69, 9.17) is 0 Å². The Balaban J connectivity index is 1.69. The second-order valence-electron chi connectivity index (χ2n) is 7.67. The summed E-state index contributed by atoms with van der Waals surface area (Å²) in [6.07, 6.45) is -3.09. The molecule has 1 atom stereocenters. The number of aromatic nitrogens is 6. The third kappa shape index (κ3) is 5.61. The number of benzene rings is 1. The zero-order valence-corrected chi connectivity index (χ0v) is 18.6. The van der Waals surface area contributed by atoms with Crippen LogP contribution in [0.4, 0.5) is 19.1 Å². The molecule has 0 amide bonds. The first-order valence-electron chi connectivity index (χ1n) is 10.4. The van der Waals surface area contributed by atoms with Crippen LogP contribution in [0, 0.1) is 11.3 Å². The van der Waals surface area contributed by atoms with Crippen LogP contribution in [0.25, 0.3) is 22.6 Å². The molecule has 0 aliphatic heterocycles. The van der Waals surface area contributed by atoms with E-state index in [0.717, 1.165) is 6.07 Å². The molecule has 1 unspecified atom stereocenters. The van der Waals surface area contributed by atoms with Crippen molar-refractivity contribution in [3.63, 3.8) is 0 Å². The highest BCUT2D eigenvalue weighted by atomic mass is 19.4. The molecule has 0 fully saturated rings. The summed E-state index contributed by atoms with van der Waals surface area (Å²) in [5.74, 6) is -1.11. The highest BCUT2D eigenvalue weighted by Crippen LogP contribution is 2.28. The number of nitriles is 1. The maximum Gasteiger partial charge on any atom is 0.433 e. The van der Waals surface area contributed by atoms with E-state index in [2.05, 4.69) is 30.6 Å². The van der Waals surface area contributed by atoms with Crippen molar-refractivity contribution in [1.29, 1.82) is 5.26 Å². The van der Waals surface area contributed by atoms with Gasteiger partial charge < -0.3 is 10.4 Å². The Kier molecular flexibility index (Phi) is 6.60. The third-order valence-electron chi connectivity index (χ3n) is 4.95. The molecule has 0 saturated carbocycles. The number of anilines is 1. The minimum atomic E-state index is -4.57. The quantitative estimate of drug-likeness (QED) is 0.394. The number of nitrogens with zero attached hydrogens (tertiary/aromatic N) is 7. The van der Waals surface area contributed by atoms with Crippen LogP contribution in [0.2, 0.25) is 0 Å². The number of hydrogen-bond acceptors (Lipinski definition) is 8. The van der Waals surface area contributed by atoms with Crippen LogP contribution >= 0.6 is 0 Å². The Morgan fingerprint density at radius 3 is 2.58 bits per heavy atom. The molecule has 0 radical (unpaired) electrons. The molecule has 0 aliphatic carbocycles. The lowest BCUT2D eigenvalue weighted by atomic mass is 10.1. The lowest BCUT2D eigenvalue weighted by molar-refractivity contribution is -0.141. The molecule has 13 heteroatoms. The van der Waals surface area contributed by atoms with Crippen molar-refractivity contribution in [2.45, 2.75) is 25.7 Å². The number of pyridine rings is 1. The zero-order valence-electron chi connectivity index (χ0n) is 18.6. The van der Waals surface area contributed by atoms with E-state index in [1.54, 1.807) is 30.3 Å². The van der Waals surface area contributed by atoms with E-state index < -0.39 is 23.9 Å². The molecule has 10 nitrogen and oxygen atoms in total. The summed E-state index contributed by atoms with van der Waals surface area (Å²) < 4.78 is 40.2. The molecule has 2 N–H and O–H groups in total. The minimum absolute atomic E-state index is 0.00820. The number of hydrogen-bond donors (Lipinski definition) is 2. The standard InChI is InChI=1S/C23H17F3N8O2/c1-13(21(35)36)28-22-30-17(15-5-2-4-14(8-15)10-27)9-18(31-22)19-12-34(33-32-19)11-16-6-3-7-20(29-16)23(24,25)26/h2-9,12-13H,11H2,1H3,(H,35,36)(H,28,30,31). The summed E-state index contributed by atoms with van der Waals surface area (Å²) in [7, 11) is 0. The highest BCUT2D eigenvalue weighted by molar-refractivity contribution is 5.76. The van der Waals surface area contributed by atoms with Gasteiger partial charge in [-0.25, -0.2) is 19.6 Å². The SMILES string of the molecule is CC(Nc1nc(-c2cccc(C#N)c2)cc(-c2cn(Cc3cccc(C(F)(F)F)n3)nn2)n1)C(=O)O. The van der Waals surface area contributed by atoms with Crippen LogP contribution in [0.15, 0.2) is 54.7 Å². The molecule has 3 heterocycles. The van der Waals surface area contributed by atoms with Crippen LogP contribution in [0.1, 0.15) is 23.9 Å². The Hall–Kier alpha value is -4.86. The minimum Gasteiger partial charge on any atom is -0.480 e. The van der Waals surface area contributed by atoms with Gasteiger partial charge >= 0.3 is 12.1 Å². The predicted molar refractivity (Wildman–Crippen MR) is 120 cm³/mol. The van der Waals surface area contributed by atoms with Crippen LogP contribution in [0.5, 0.6) is 0 Å². The molecule has 4 rings (SSSR count). The number of carbonyl (C=O) groups is 1. The highest BCUT2D eigenvalue weighted by Gasteiger charge is 2.32. The van der Waals surface area contributed by atoms with E-state index in [1.807, 2.05) is 6.07 Å². The fourth-order valence-corrected chi connectivity index (χ4v) is 3.18. The molecule has 0 aliphatic rings. The molecule has 0 spiro atoms. The lowest BCUT2D eigenvalue weighted by Gasteiger charge is -2.12. The topological polar surface area (TPSA) is 142 Å². The fraction of sp³-hybridized carbons (Fsp3) is 0.174. The molecule has 4 aromatic rings. The van der Waals surface area contributed by atoms with Crippen LogP contribution in [-0.2, 0) is 17.5 Å². The smallest absolute Gasteiger partial charge is 0.433 e. The van der Waals surface area contributed by atoms with Gasteiger partial charge in [0.25, 0.3) is 0 Å². The van der Waals surface area contributed by atoms with Crippen molar-refractivity contribution in [3.05, 3.63) is 71.7 Å². The molecule has 182 valence electrons. The molecular weight excluding hydrogens is 477 g/mol. The van der Waals surface area contributed by atoms with Gasteiger partial charge in [-0.2, -0.15) is 18.4 Å². The maximum atomic E-state index is 13.0. The summed E-state index contributed by atoms with van der Waals surface area (Å²) in [5, 5.41) is 29.2. The summed E-state index contributed by atoms with van der Waals surface area (Å²) in [6.45, 7) is 1.35. The Morgan fingerprint density at radius 2 is 1.86 bits per heavy atom. The molecule has 36 heavy (non-hydrogen) atoms. The second-order valence-corrected chi connectivity index (χ2v) is 7.67. The van der Waals surface area contributed by atoms with Crippen molar-refractivity contribution in [2.24, 2.45) is 0 Å². The van der Waals surface area contributed by atoms with Crippen molar-refractivity contribution < 1.29 is 23.1 Å². The Morgan fingerprint density at radius 1 is 1.11 bits per heavy atom. The third-order valence-corrected chi connectivity index (χ3v) is 4.95. The van der Waals surface area contributed by atoms with Gasteiger partial charge in [0.15, 0.2) is 0 Å². The summed E-state index contributed by atoms with van der Waals surface area (Å²) in [4.78, 5) is 23.6. The largest absolute Gasteiger partial charge is 0.480 e. The van der Waals surface area contributed by atoms with Gasteiger partial charge in [0.2, 0.25) is 5.95 Å². The Labute approximate surface area is 202 Å². The number of aliphatic carboxylic acids is 1. The van der Waals surface area contributed by atoms with E-state index >= 15 is 0 Å². The van der Waals surface area contributed by atoms with E-state index in [1.165, 1.54) is 29.9 Å². The summed E-state index contributed by atoms with van der Waals surface area (Å²) in [6, 6.07) is 12.9. The Bertz CT molecular complexity index is 1460. The van der Waals surface area contributed by atoms with Crippen LogP contribution < -0.4 is 5.32 Å². The monoisotopic (exact) mass is 494 g/mol. The van der Waals surface area contributed by atoms with E-state index in [-0.39, 0.29) is 29.6 Å². The molecule has 0 bridgehead atoms. The van der Waals surface area contributed by atoms with E-state index in [0.29, 0.717) is 16.8 Å². The van der Waals surface area contributed by atoms with Gasteiger partial charge in [-0.15, -0.1) is 5.10 Å². The fourth-order valence-electron chi connectivity index (χ4n) is 3.18. The van der Waals surface area contributed by atoms with Crippen molar-refractivity contribution in [3.8, 4) is 28.7 Å². The van der Waals surface area contributed by atoms with Crippen molar-refractivity contribution in [1.82, 2.24) is 29.9 Å². The lowest BCUT2D eigenvalue weighted by Crippen LogP contribution is -2.26. The van der Waals surface area contributed by atoms with Gasteiger partial charge in [-0.3, -0.25) is 4.79 Å². The van der Waals surface area contributed by atoms with Crippen molar-refractivity contribution in [2.75, 3.05) is 5.32 Å². The van der Waals surface area contributed by atoms with Gasteiger partial charge in [-0.1, -0.05) is 23.4 Å². The first kappa shape index (κ1) is 24.3. The molecule has 1 aromatic carbocycles. The van der Waals surface area contributed by atoms with Gasteiger partial charge in [0.05, 0.1) is 41.5 Å². The van der Waals surface area contributed by atoms with E-state index in [9.17, 15) is 28.3 Å². The molecule has 0 saturated heterocycles. The van der Waals surface area contributed by atoms with Gasteiger partial charge in [-0.05, 0) is 37.3 Å². The first-order chi connectivity index (χ1) is 17.1. The number of nitrogens with one attached hydrogen (secondary N) is 1. The normalized spacial score (nSPS) is 12.1. The van der Waals surface area contributed by atoms with Crippen LogP contribution in [-0.4, -0.2) is 47.1 Å². The van der Waals surface area contributed by atoms with Gasteiger partial charge in [0.1, 0.15) is 17.4 Å². The molecule has 3 aromatic heterocycles. The number of rotatable bonds is 7. The second kappa shape index (κ2) is 9.79. The van der Waals surface area contributed by atoms with Crippen molar-refractivity contribution >= 4 is 11.9 Å². The average molecular weight is 494 g/mol. The number of halogens is 3. The first-order valence-corrected chi connectivity index (χ1v) is 10.4. The predicted octanol–water partition coefficient (Wildman–Crippen LogP) is 3.62. The van der Waals surface area contributed by atoms with Crippen LogP contribution in [0.3, 0.4) is 0 Å².